The highest BCUT2D eigenvalue weighted by molar-refractivity contribution is 7.10. The largest absolute Gasteiger partial charge is 0.324 e. The molecule has 8 heteroatoms. The molecule has 0 aliphatic carbocycles. The Balaban J connectivity index is 2.12. The summed E-state index contributed by atoms with van der Waals surface area (Å²) in [5, 5.41) is 15.0. The van der Waals surface area contributed by atoms with Gasteiger partial charge >= 0.3 is 0 Å². The summed E-state index contributed by atoms with van der Waals surface area (Å²) in [4.78, 5) is 22.7. The summed E-state index contributed by atoms with van der Waals surface area (Å²) < 4.78 is 0. The number of nitro groups is 1. The van der Waals surface area contributed by atoms with Gasteiger partial charge in [0.05, 0.1) is 4.92 Å². The molecule has 1 aromatic heterocycles. The van der Waals surface area contributed by atoms with Crippen LogP contribution in [0.25, 0.3) is 0 Å². The van der Waals surface area contributed by atoms with Gasteiger partial charge in [0.15, 0.2) is 0 Å². The van der Waals surface area contributed by atoms with E-state index in [1.807, 2.05) is 5.38 Å². The molecule has 1 heterocycles. The molecule has 0 radical (unpaired) electrons. The number of carbonyl (C=O) groups is 1. The van der Waals surface area contributed by atoms with Crippen molar-refractivity contribution in [3.63, 3.8) is 0 Å². The lowest BCUT2D eigenvalue weighted by molar-refractivity contribution is -0.384. The van der Waals surface area contributed by atoms with Crippen LogP contribution in [0.5, 0.6) is 0 Å². The Kier molecular flexibility index (Phi) is 4.33. The van der Waals surface area contributed by atoms with Crippen molar-refractivity contribution in [2.75, 3.05) is 5.32 Å². The lowest BCUT2D eigenvalue weighted by atomic mass is 10.2. The van der Waals surface area contributed by atoms with Crippen molar-refractivity contribution in [2.45, 2.75) is 6.04 Å². The van der Waals surface area contributed by atoms with E-state index in [0.29, 0.717) is 5.69 Å². The predicted molar refractivity (Wildman–Crippen MR) is 78.0 cm³/mol. The maximum absolute atomic E-state index is 11.9. The van der Waals surface area contributed by atoms with Gasteiger partial charge in [-0.2, -0.15) is 0 Å². The summed E-state index contributed by atoms with van der Waals surface area (Å²) in [6, 6.07) is 6.73. The van der Waals surface area contributed by atoms with Crippen LogP contribution in [0.2, 0.25) is 5.02 Å². The molecule has 0 bridgehead atoms. The first-order valence-electron chi connectivity index (χ1n) is 5.53. The second-order valence-electron chi connectivity index (χ2n) is 3.91. The highest BCUT2D eigenvalue weighted by Gasteiger charge is 2.18. The summed E-state index contributed by atoms with van der Waals surface area (Å²) in [7, 11) is 0. The van der Waals surface area contributed by atoms with Crippen LogP contribution >= 0.6 is 22.9 Å². The van der Waals surface area contributed by atoms with E-state index in [9.17, 15) is 14.9 Å². The number of halogens is 1. The van der Waals surface area contributed by atoms with Crippen molar-refractivity contribution >= 4 is 40.2 Å². The summed E-state index contributed by atoms with van der Waals surface area (Å²) in [6.07, 6.45) is 0. The van der Waals surface area contributed by atoms with Crippen LogP contribution in [0.1, 0.15) is 10.9 Å². The van der Waals surface area contributed by atoms with Crippen LogP contribution in [0.15, 0.2) is 35.7 Å². The molecule has 0 spiro atoms. The smallest absolute Gasteiger partial charge is 0.288 e. The number of benzene rings is 1. The maximum atomic E-state index is 11.9. The van der Waals surface area contributed by atoms with Crippen LogP contribution in [0.4, 0.5) is 11.4 Å². The van der Waals surface area contributed by atoms with Crippen molar-refractivity contribution in [1.82, 2.24) is 0 Å². The molecule has 1 aromatic carbocycles. The van der Waals surface area contributed by atoms with Crippen LogP contribution < -0.4 is 11.1 Å². The topological polar surface area (TPSA) is 98.3 Å². The van der Waals surface area contributed by atoms with Gasteiger partial charge in [0, 0.05) is 16.6 Å². The van der Waals surface area contributed by atoms with E-state index in [2.05, 4.69) is 5.32 Å². The second kappa shape index (κ2) is 6.00. The highest BCUT2D eigenvalue weighted by atomic mass is 35.5. The molecule has 1 atom stereocenters. The lowest BCUT2D eigenvalue weighted by Gasteiger charge is -2.10. The van der Waals surface area contributed by atoms with E-state index in [1.165, 1.54) is 29.5 Å². The predicted octanol–water partition coefficient (Wildman–Crippen LogP) is 2.95. The Labute approximate surface area is 123 Å². The molecular formula is C12H10ClN3O3S. The van der Waals surface area contributed by atoms with Gasteiger partial charge < -0.3 is 11.1 Å². The molecule has 0 aliphatic heterocycles. The van der Waals surface area contributed by atoms with E-state index < -0.39 is 16.9 Å². The van der Waals surface area contributed by atoms with Crippen LogP contribution in [0, 0.1) is 10.1 Å². The van der Waals surface area contributed by atoms with E-state index >= 15 is 0 Å². The lowest BCUT2D eigenvalue weighted by Crippen LogP contribution is -2.26. The number of nitrogens with two attached hydrogens (primary N) is 1. The molecule has 3 N–H and O–H groups in total. The number of thiophene rings is 1. The first-order chi connectivity index (χ1) is 9.49. The van der Waals surface area contributed by atoms with E-state index in [-0.39, 0.29) is 10.7 Å². The molecule has 0 saturated carbocycles. The highest BCUT2D eigenvalue weighted by Crippen LogP contribution is 2.27. The first-order valence-corrected chi connectivity index (χ1v) is 6.78. The third kappa shape index (κ3) is 3.13. The average molecular weight is 312 g/mol. The van der Waals surface area contributed by atoms with Gasteiger partial charge in [-0.05, 0) is 23.6 Å². The molecule has 20 heavy (non-hydrogen) atoms. The Morgan fingerprint density at radius 2 is 2.20 bits per heavy atom. The number of nitrogens with zero attached hydrogens (tertiary/aromatic N) is 1. The third-order valence-corrected chi connectivity index (χ3v) is 3.80. The fraction of sp³-hybridized carbons (Fsp3) is 0.0833. The number of hydrogen-bond acceptors (Lipinski definition) is 5. The molecule has 2 aromatic rings. The van der Waals surface area contributed by atoms with Crippen molar-refractivity contribution in [3.8, 4) is 0 Å². The number of carbonyl (C=O) groups excluding carboxylic acids is 1. The van der Waals surface area contributed by atoms with Gasteiger partial charge in [-0.3, -0.25) is 14.9 Å². The molecule has 0 fully saturated rings. The zero-order valence-electron chi connectivity index (χ0n) is 10.1. The van der Waals surface area contributed by atoms with Crippen molar-refractivity contribution < 1.29 is 9.72 Å². The van der Waals surface area contributed by atoms with Crippen LogP contribution in [-0.2, 0) is 4.79 Å². The summed E-state index contributed by atoms with van der Waals surface area (Å²) in [6.45, 7) is 0. The zero-order chi connectivity index (χ0) is 14.7. The molecule has 0 saturated heterocycles. The SMILES string of the molecule is NC(C(=O)Nc1ccc([N+](=O)[O-])c(Cl)c1)c1cccs1. The van der Waals surface area contributed by atoms with Gasteiger partial charge in [0.1, 0.15) is 11.1 Å². The molecule has 6 nitrogen and oxygen atoms in total. The van der Waals surface area contributed by atoms with Crippen molar-refractivity contribution in [3.05, 3.63) is 55.7 Å². The van der Waals surface area contributed by atoms with E-state index in [4.69, 9.17) is 17.3 Å². The Bertz CT molecular complexity index is 645. The molecular weight excluding hydrogens is 302 g/mol. The number of nitrogens with one attached hydrogen (secondary N) is 1. The molecule has 1 unspecified atom stereocenters. The Hall–Kier alpha value is -1.96. The van der Waals surface area contributed by atoms with Gasteiger partial charge in [-0.1, -0.05) is 17.7 Å². The third-order valence-electron chi connectivity index (χ3n) is 2.54. The molecule has 0 aliphatic rings. The Morgan fingerprint density at radius 1 is 1.45 bits per heavy atom. The fourth-order valence-electron chi connectivity index (χ4n) is 1.55. The van der Waals surface area contributed by atoms with Crippen LogP contribution in [-0.4, -0.2) is 10.8 Å². The molecule has 1 amide bonds. The standard InChI is InChI=1S/C12H10ClN3O3S/c13-8-6-7(3-4-9(8)16(18)19)15-12(17)11(14)10-2-1-5-20-10/h1-6,11H,14H2,(H,15,17). The summed E-state index contributed by atoms with van der Waals surface area (Å²) >= 11 is 7.14. The van der Waals surface area contributed by atoms with Crippen LogP contribution in [0.3, 0.4) is 0 Å². The minimum absolute atomic E-state index is 0.0440. The van der Waals surface area contributed by atoms with Gasteiger partial charge in [0.25, 0.3) is 5.69 Å². The first kappa shape index (κ1) is 14.4. The van der Waals surface area contributed by atoms with Gasteiger partial charge in [-0.15, -0.1) is 11.3 Å². The van der Waals surface area contributed by atoms with Crippen molar-refractivity contribution in [1.29, 1.82) is 0 Å². The number of anilines is 1. The summed E-state index contributed by atoms with van der Waals surface area (Å²) in [5.41, 5.74) is 5.95. The Morgan fingerprint density at radius 3 is 2.75 bits per heavy atom. The fourth-order valence-corrected chi connectivity index (χ4v) is 2.52. The van der Waals surface area contributed by atoms with E-state index in [1.54, 1.807) is 12.1 Å². The number of nitro benzene ring substituents is 1. The number of amides is 1. The maximum Gasteiger partial charge on any atom is 0.288 e. The monoisotopic (exact) mass is 311 g/mol. The van der Waals surface area contributed by atoms with Gasteiger partial charge in [0.2, 0.25) is 5.91 Å². The quantitative estimate of drug-likeness (QED) is 0.670. The second-order valence-corrected chi connectivity index (χ2v) is 5.29. The van der Waals surface area contributed by atoms with E-state index in [0.717, 1.165) is 4.88 Å². The minimum atomic E-state index is -0.788. The number of hydrogen-bond donors (Lipinski definition) is 2. The zero-order valence-corrected chi connectivity index (χ0v) is 11.6. The minimum Gasteiger partial charge on any atom is -0.324 e. The summed E-state index contributed by atoms with van der Waals surface area (Å²) in [5.74, 6) is -0.405. The van der Waals surface area contributed by atoms with Crippen molar-refractivity contribution in [2.24, 2.45) is 5.73 Å². The average Bonchev–Trinajstić information content (AvgIpc) is 2.91. The normalized spacial score (nSPS) is 11.9. The molecule has 2 rings (SSSR count). The number of rotatable bonds is 4. The van der Waals surface area contributed by atoms with Gasteiger partial charge in [-0.25, -0.2) is 0 Å². The molecule has 104 valence electrons.